The third-order valence-electron chi connectivity index (χ3n) is 2.81. The fraction of sp³-hybridized carbons (Fsp3) is 0.133. The van der Waals surface area contributed by atoms with Gasteiger partial charge in [0.15, 0.2) is 5.78 Å². The van der Waals surface area contributed by atoms with Crippen molar-refractivity contribution in [3.8, 4) is 0 Å². The Labute approximate surface area is 116 Å². The second kappa shape index (κ2) is 5.33. The molecule has 0 radical (unpaired) electrons. The van der Waals surface area contributed by atoms with Crippen LogP contribution in [0.25, 0.3) is 0 Å². The van der Waals surface area contributed by atoms with E-state index in [0.29, 0.717) is 27.4 Å². The minimum Gasteiger partial charge on any atom is -0.290 e. The van der Waals surface area contributed by atoms with E-state index in [0.717, 1.165) is 0 Å². The van der Waals surface area contributed by atoms with Crippen LogP contribution in [0, 0.1) is 0 Å². The molecule has 0 spiro atoms. The number of nitrogens with zero attached hydrogens (tertiary/aromatic N) is 1. The smallest absolute Gasteiger partial charge is 0.277 e. The molecule has 19 heavy (non-hydrogen) atoms. The quantitative estimate of drug-likeness (QED) is 0.736. The number of benzene rings is 1. The summed E-state index contributed by atoms with van der Waals surface area (Å²) in [6, 6.07) is 6.53. The number of ketones is 1. The molecule has 1 aromatic carbocycles. The van der Waals surface area contributed by atoms with Crippen molar-refractivity contribution in [2.75, 3.05) is 0 Å². The standard InChI is InChI=1S/C15H12ClNO2/c1-9-8-14(18)10(2)7-13(9)17-15(19)11-3-5-12(16)6-4-11/h3-8H,1-2H3. The molecular formula is C15H12ClNO2. The molecule has 0 fully saturated rings. The van der Waals surface area contributed by atoms with Gasteiger partial charge in [-0.1, -0.05) is 11.6 Å². The predicted octanol–water partition coefficient (Wildman–Crippen LogP) is 3.40. The Balaban J connectivity index is 2.31. The fourth-order valence-corrected chi connectivity index (χ4v) is 1.79. The van der Waals surface area contributed by atoms with Gasteiger partial charge in [-0.25, -0.2) is 4.99 Å². The van der Waals surface area contributed by atoms with Crippen LogP contribution in [0.2, 0.25) is 5.02 Å². The molecule has 4 heteroatoms. The predicted molar refractivity (Wildman–Crippen MR) is 75.7 cm³/mol. The van der Waals surface area contributed by atoms with Gasteiger partial charge < -0.3 is 0 Å². The van der Waals surface area contributed by atoms with Crippen LogP contribution < -0.4 is 0 Å². The Bertz CT molecular complexity index is 637. The SMILES string of the molecule is CC1=CC(=NC(=O)c2ccc(Cl)cc2)C(C)=CC1=O. The van der Waals surface area contributed by atoms with Gasteiger partial charge in [-0.15, -0.1) is 0 Å². The van der Waals surface area contributed by atoms with Crippen LogP contribution in [0.15, 0.2) is 52.6 Å². The van der Waals surface area contributed by atoms with E-state index in [1.807, 2.05) is 0 Å². The van der Waals surface area contributed by atoms with Crippen molar-refractivity contribution in [2.24, 2.45) is 4.99 Å². The minimum atomic E-state index is -0.349. The van der Waals surface area contributed by atoms with Crippen LogP contribution in [0.3, 0.4) is 0 Å². The lowest BCUT2D eigenvalue weighted by Gasteiger charge is -2.08. The van der Waals surface area contributed by atoms with Gasteiger partial charge in [0.05, 0.1) is 5.71 Å². The first-order valence-electron chi connectivity index (χ1n) is 5.77. The van der Waals surface area contributed by atoms with E-state index < -0.39 is 0 Å². The summed E-state index contributed by atoms with van der Waals surface area (Å²) in [7, 11) is 0. The summed E-state index contributed by atoms with van der Waals surface area (Å²) in [6.45, 7) is 3.46. The highest BCUT2D eigenvalue weighted by molar-refractivity contribution is 6.30. The van der Waals surface area contributed by atoms with Crippen molar-refractivity contribution in [3.05, 3.63) is 58.1 Å². The largest absolute Gasteiger partial charge is 0.290 e. The molecule has 0 atom stereocenters. The highest BCUT2D eigenvalue weighted by Crippen LogP contribution is 2.14. The normalized spacial score (nSPS) is 17.2. The third-order valence-corrected chi connectivity index (χ3v) is 3.06. The first kappa shape index (κ1) is 13.4. The van der Waals surface area contributed by atoms with Crippen LogP contribution in [0.5, 0.6) is 0 Å². The van der Waals surface area contributed by atoms with Crippen molar-refractivity contribution in [1.29, 1.82) is 0 Å². The highest BCUT2D eigenvalue weighted by Gasteiger charge is 2.14. The lowest BCUT2D eigenvalue weighted by atomic mass is 9.98. The van der Waals surface area contributed by atoms with Gasteiger partial charge in [-0.05, 0) is 61.4 Å². The molecule has 0 N–H and O–H groups in total. The molecule has 1 aliphatic rings. The molecule has 0 saturated carbocycles. The monoisotopic (exact) mass is 273 g/mol. The van der Waals surface area contributed by atoms with E-state index in [1.165, 1.54) is 6.08 Å². The Hall–Kier alpha value is -2.00. The summed E-state index contributed by atoms with van der Waals surface area (Å²) < 4.78 is 0. The molecule has 1 amide bonds. The number of amides is 1. The van der Waals surface area contributed by atoms with Crippen molar-refractivity contribution in [1.82, 2.24) is 0 Å². The number of carbonyl (C=O) groups is 2. The van der Waals surface area contributed by atoms with Gasteiger partial charge in [0, 0.05) is 10.6 Å². The van der Waals surface area contributed by atoms with Gasteiger partial charge >= 0.3 is 0 Å². The molecule has 1 aliphatic carbocycles. The molecule has 96 valence electrons. The summed E-state index contributed by atoms with van der Waals surface area (Å²) in [5.41, 5.74) is 2.26. The molecule has 0 unspecified atom stereocenters. The second-order valence-electron chi connectivity index (χ2n) is 4.33. The Morgan fingerprint density at radius 2 is 1.68 bits per heavy atom. The van der Waals surface area contributed by atoms with Crippen molar-refractivity contribution in [3.63, 3.8) is 0 Å². The maximum atomic E-state index is 12.0. The summed E-state index contributed by atoms with van der Waals surface area (Å²) in [4.78, 5) is 27.5. The number of hydrogen-bond donors (Lipinski definition) is 0. The minimum absolute atomic E-state index is 0.0459. The maximum absolute atomic E-state index is 12.0. The Morgan fingerprint density at radius 1 is 1.05 bits per heavy atom. The molecule has 0 heterocycles. The zero-order valence-electron chi connectivity index (χ0n) is 10.6. The zero-order valence-corrected chi connectivity index (χ0v) is 11.4. The van der Waals surface area contributed by atoms with Crippen molar-refractivity contribution >= 4 is 29.0 Å². The summed E-state index contributed by atoms with van der Waals surface area (Å²) in [5, 5.41) is 0.569. The number of aliphatic imine (C=N–C) groups is 1. The molecule has 0 aromatic heterocycles. The molecule has 0 saturated heterocycles. The highest BCUT2D eigenvalue weighted by atomic mass is 35.5. The molecule has 2 rings (SSSR count). The zero-order chi connectivity index (χ0) is 14.0. The van der Waals surface area contributed by atoms with E-state index >= 15 is 0 Å². The van der Waals surface area contributed by atoms with Crippen LogP contribution in [0.1, 0.15) is 24.2 Å². The Kier molecular flexibility index (Phi) is 3.76. The van der Waals surface area contributed by atoms with Crippen LogP contribution in [-0.2, 0) is 4.79 Å². The number of hydrogen-bond acceptors (Lipinski definition) is 2. The molecule has 3 nitrogen and oxygen atoms in total. The van der Waals surface area contributed by atoms with Crippen LogP contribution in [-0.4, -0.2) is 17.4 Å². The number of carbonyl (C=O) groups excluding carboxylic acids is 2. The summed E-state index contributed by atoms with van der Waals surface area (Å²) in [6.07, 6.45) is 3.12. The maximum Gasteiger partial charge on any atom is 0.277 e. The molecular weight excluding hydrogens is 262 g/mol. The van der Waals surface area contributed by atoms with E-state index in [9.17, 15) is 9.59 Å². The second-order valence-corrected chi connectivity index (χ2v) is 4.76. The lowest BCUT2D eigenvalue weighted by molar-refractivity contribution is -0.111. The number of allylic oxidation sites excluding steroid dienone is 4. The lowest BCUT2D eigenvalue weighted by Crippen LogP contribution is -2.12. The number of halogens is 1. The van der Waals surface area contributed by atoms with E-state index in [2.05, 4.69) is 4.99 Å². The van der Waals surface area contributed by atoms with E-state index in [4.69, 9.17) is 11.6 Å². The molecule has 0 aliphatic heterocycles. The van der Waals surface area contributed by atoms with Gasteiger partial charge in [-0.3, -0.25) is 9.59 Å². The van der Waals surface area contributed by atoms with Crippen molar-refractivity contribution in [2.45, 2.75) is 13.8 Å². The van der Waals surface area contributed by atoms with Crippen molar-refractivity contribution < 1.29 is 9.59 Å². The Morgan fingerprint density at radius 3 is 2.32 bits per heavy atom. The van der Waals surface area contributed by atoms with Gasteiger partial charge in [0.2, 0.25) is 0 Å². The third kappa shape index (κ3) is 3.06. The van der Waals surface area contributed by atoms with E-state index in [1.54, 1.807) is 44.2 Å². The first-order chi connectivity index (χ1) is 8.97. The van der Waals surface area contributed by atoms with Gasteiger partial charge in [0.25, 0.3) is 5.91 Å². The first-order valence-corrected chi connectivity index (χ1v) is 6.15. The van der Waals surface area contributed by atoms with E-state index in [-0.39, 0.29) is 11.7 Å². The molecule has 1 aromatic rings. The summed E-state index contributed by atoms with van der Waals surface area (Å²) >= 11 is 5.76. The average molecular weight is 274 g/mol. The van der Waals surface area contributed by atoms with Gasteiger partial charge in [-0.2, -0.15) is 0 Å². The van der Waals surface area contributed by atoms with Gasteiger partial charge in [0.1, 0.15) is 0 Å². The van der Waals surface area contributed by atoms with Crippen LogP contribution >= 0.6 is 11.6 Å². The summed E-state index contributed by atoms with van der Waals surface area (Å²) in [5.74, 6) is -0.395. The average Bonchev–Trinajstić information content (AvgIpc) is 2.36. The van der Waals surface area contributed by atoms with Crippen LogP contribution in [0.4, 0.5) is 0 Å². The fourth-order valence-electron chi connectivity index (χ4n) is 1.66. The number of rotatable bonds is 1. The molecule has 0 bridgehead atoms. The topological polar surface area (TPSA) is 46.5 Å².